The van der Waals surface area contributed by atoms with Crippen molar-refractivity contribution in [1.82, 2.24) is 5.32 Å². The summed E-state index contributed by atoms with van der Waals surface area (Å²) in [6.07, 6.45) is 65.4. The van der Waals surface area contributed by atoms with E-state index in [0.717, 1.165) is 89.9 Å². The van der Waals surface area contributed by atoms with E-state index >= 15 is 0 Å². The Hall–Kier alpha value is -2.03. The molecule has 3 unspecified atom stereocenters. The molecule has 0 saturated heterocycles. The van der Waals surface area contributed by atoms with Crippen LogP contribution in [-0.4, -0.2) is 74.3 Å². The zero-order chi connectivity index (χ0) is 53.6. The number of esters is 1. The van der Waals surface area contributed by atoms with Crippen molar-refractivity contribution in [3.63, 3.8) is 0 Å². The molecule has 2 N–H and O–H groups in total. The van der Waals surface area contributed by atoms with E-state index in [0.29, 0.717) is 23.9 Å². The monoisotopic (exact) mass is 1050 g/mol. The molecule has 0 aromatic heterocycles. The van der Waals surface area contributed by atoms with Crippen LogP contribution in [-0.2, 0) is 27.9 Å². The maximum atomic E-state index is 13.5. The molecule has 1 amide bonds. The van der Waals surface area contributed by atoms with Gasteiger partial charge in [0.25, 0.3) is 0 Å². The van der Waals surface area contributed by atoms with Gasteiger partial charge in [0, 0.05) is 12.8 Å². The number of hydrogen-bond acceptors (Lipinski definition) is 6. The fourth-order valence-electron chi connectivity index (χ4n) is 9.01. The first kappa shape index (κ1) is 71.0. The summed E-state index contributed by atoms with van der Waals surface area (Å²) in [4.78, 5) is 37.6. The number of phosphoric ester groups is 1. The smallest absolute Gasteiger partial charge is 0.456 e. The maximum Gasteiger partial charge on any atom is 0.472 e. The van der Waals surface area contributed by atoms with Crippen LogP contribution in [0.2, 0.25) is 0 Å². The number of allylic oxidation sites excluding steroid dienone is 7. The van der Waals surface area contributed by atoms with Gasteiger partial charge in [-0.15, -0.1) is 0 Å². The number of quaternary nitrogens is 1. The quantitative estimate of drug-likeness (QED) is 0.0205. The molecule has 0 rings (SSSR count). The number of amides is 1. The summed E-state index contributed by atoms with van der Waals surface area (Å²) in [6, 6.07) is -0.857. The number of phosphoric acid groups is 1. The van der Waals surface area contributed by atoms with Crippen molar-refractivity contribution in [1.29, 1.82) is 0 Å². The van der Waals surface area contributed by atoms with E-state index in [9.17, 15) is 19.0 Å². The summed E-state index contributed by atoms with van der Waals surface area (Å²) in [7, 11) is 1.49. The molecule has 9 nitrogen and oxygen atoms in total. The molecule has 428 valence electrons. The molecule has 0 aromatic rings. The Morgan fingerprint density at radius 2 is 0.877 bits per heavy atom. The fourth-order valence-corrected chi connectivity index (χ4v) is 9.75. The standard InChI is InChI=1S/C63H119N2O7P/c1-7-10-13-16-19-22-25-28-30-31-32-33-34-35-36-38-41-44-47-50-53-56-63(67)72-61(54-51-48-45-42-39-27-24-21-18-15-12-9-3)60(59-71-73(68,69)70-58-57-65(4,5)6)64-62(66)55-52-49-46-43-40-37-29-26-23-20-17-14-11-8-2/h11,14,20,23,29,37,51,54,60-61H,7-10,12-13,15-19,21-22,24-28,30-36,38-50,52-53,55-59H2,1-6H3,(H-,64,66,68,69)/p+1/b14-11+,23-20+,37-29+,54-51-. The van der Waals surface area contributed by atoms with Gasteiger partial charge < -0.3 is 19.4 Å². The molecule has 0 aliphatic carbocycles. The van der Waals surface area contributed by atoms with Crippen molar-refractivity contribution in [2.45, 2.75) is 303 Å². The SMILES string of the molecule is CC/C=C/C/C=C/C/C=C/CCCCCCC(=O)NC(COP(=O)(O)OCC[N+](C)(C)C)C(/C=C\CCCCCCCCCCCC)OC(=O)CCCCCCCCCCCCCCCCCCCCCCC. The Labute approximate surface area is 452 Å². The Morgan fingerprint density at radius 3 is 1.32 bits per heavy atom. The molecule has 0 fully saturated rings. The van der Waals surface area contributed by atoms with Crippen LogP contribution >= 0.6 is 7.82 Å². The summed E-state index contributed by atoms with van der Waals surface area (Å²) >= 11 is 0. The summed E-state index contributed by atoms with van der Waals surface area (Å²) in [5.41, 5.74) is 0. The Balaban J connectivity index is 5.20. The molecule has 0 radical (unpaired) electrons. The van der Waals surface area contributed by atoms with E-state index < -0.39 is 20.0 Å². The van der Waals surface area contributed by atoms with E-state index in [2.05, 4.69) is 62.5 Å². The molecule has 0 aliphatic heterocycles. The van der Waals surface area contributed by atoms with Gasteiger partial charge in [-0.1, -0.05) is 262 Å². The predicted octanol–water partition coefficient (Wildman–Crippen LogP) is 18.9. The molecule has 0 aliphatic rings. The van der Waals surface area contributed by atoms with Crippen molar-refractivity contribution in [3.8, 4) is 0 Å². The highest BCUT2D eigenvalue weighted by atomic mass is 31.2. The number of nitrogens with one attached hydrogen (secondary N) is 1. The normalized spacial score (nSPS) is 14.0. The zero-order valence-corrected chi connectivity index (χ0v) is 49.8. The average Bonchev–Trinajstić information content (AvgIpc) is 3.35. The maximum absolute atomic E-state index is 13.5. The van der Waals surface area contributed by atoms with Crippen LogP contribution < -0.4 is 5.32 Å². The minimum atomic E-state index is -4.45. The van der Waals surface area contributed by atoms with E-state index in [1.165, 1.54) is 167 Å². The van der Waals surface area contributed by atoms with Crippen LogP contribution in [0.5, 0.6) is 0 Å². The molecule has 73 heavy (non-hydrogen) atoms. The number of likely N-dealkylation sites (N-methyl/N-ethyl adjacent to an activating group) is 1. The van der Waals surface area contributed by atoms with Gasteiger partial charge in [0.1, 0.15) is 19.3 Å². The lowest BCUT2D eigenvalue weighted by atomic mass is 10.0. The number of rotatable bonds is 56. The van der Waals surface area contributed by atoms with Gasteiger partial charge in [0.2, 0.25) is 5.91 Å². The van der Waals surface area contributed by atoms with Crippen molar-refractivity contribution >= 4 is 19.7 Å². The minimum Gasteiger partial charge on any atom is -0.456 e. The summed E-state index contributed by atoms with van der Waals surface area (Å²) in [5, 5.41) is 3.04. The van der Waals surface area contributed by atoms with Gasteiger partial charge >= 0.3 is 13.8 Å². The molecule has 10 heteroatoms. The van der Waals surface area contributed by atoms with Gasteiger partial charge in [-0.25, -0.2) is 4.57 Å². The molecule has 0 spiro atoms. The van der Waals surface area contributed by atoms with Crippen molar-refractivity contribution in [2.24, 2.45) is 0 Å². The van der Waals surface area contributed by atoms with E-state index in [-0.39, 0.29) is 25.1 Å². The van der Waals surface area contributed by atoms with Gasteiger partial charge in [-0.05, 0) is 63.9 Å². The third kappa shape index (κ3) is 54.6. The van der Waals surface area contributed by atoms with E-state index in [4.69, 9.17) is 13.8 Å². The number of unbranched alkanes of at least 4 members (excludes halogenated alkanes) is 34. The van der Waals surface area contributed by atoms with Crippen molar-refractivity contribution in [3.05, 3.63) is 48.6 Å². The van der Waals surface area contributed by atoms with E-state index in [1.54, 1.807) is 0 Å². The van der Waals surface area contributed by atoms with Crippen LogP contribution in [0, 0.1) is 0 Å². The van der Waals surface area contributed by atoms with E-state index in [1.807, 2.05) is 33.3 Å². The van der Waals surface area contributed by atoms with Gasteiger partial charge in [0.15, 0.2) is 0 Å². The van der Waals surface area contributed by atoms with Gasteiger partial charge in [0.05, 0.1) is 33.8 Å². The first-order valence-electron chi connectivity index (χ1n) is 31.0. The van der Waals surface area contributed by atoms with Gasteiger partial charge in [-0.2, -0.15) is 0 Å². The minimum absolute atomic E-state index is 0.0365. The molecule has 0 bridgehead atoms. The highest BCUT2D eigenvalue weighted by molar-refractivity contribution is 7.47. The van der Waals surface area contributed by atoms with Crippen LogP contribution in [0.4, 0.5) is 0 Å². The average molecular weight is 1050 g/mol. The lowest BCUT2D eigenvalue weighted by Crippen LogP contribution is -2.47. The summed E-state index contributed by atoms with van der Waals surface area (Å²) < 4.78 is 30.7. The molecule has 0 aromatic carbocycles. The third-order valence-corrected chi connectivity index (χ3v) is 14.8. The number of hydrogen-bond donors (Lipinski definition) is 2. The summed E-state index contributed by atoms with van der Waals surface area (Å²) in [5.74, 6) is -0.521. The summed E-state index contributed by atoms with van der Waals surface area (Å²) in [6.45, 7) is 6.91. The van der Waals surface area contributed by atoms with Crippen LogP contribution in [0.1, 0.15) is 290 Å². The first-order chi connectivity index (χ1) is 35.4. The lowest BCUT2D eigenvalue weighted by molar-refractivity contribution is -0.870. The molecule has 0 heterocycles. The molecular formula is C63H120N2O7P+. The number of ether oxygens (including phenoxy) is 1. The van der Waals surface area contributed by atoms with Crippen LogP contribution in [0.15, 0.2) is 48.6 Å². The second kappa shape index (κ2) is 53.4. The number of nitrogens with zero attached hydrogens (tertiary/aromatic N) is 1. The predicted molar refractivity (Wildman–Crippen MR) is 314 cm³/mol. The van der Waals surface area contributed by atoms with Crippen LogP contribution in [0.25, 0.3) is 0 Å². The van der Waals surface area contributed by atoms with Crippen molar-refractivity contribution in [2.75, 3.05) is 40.9 Å². The molecule has 3 atom stereocenters. The highest BCUT2D eigenvalue weighted by Crippen LogP contribution is 2.43. The van der Waals surface area contributed by atoms with Crippen molar-refractivity contribution < 1.29 is 37.3 Å². The molecular weight excluding hydrogens is 928 g/mol. The Morgan fingerprint density at radius 1 is 0.493 bits per heavy atom. The largest absolute Gasteiger partial charge is 0.472 e. The second-order valence-corrected chi connectivity index (χ2v) is 23.7. The zero-order valence-electron chi connectivity index (χ0n) is 48.9. The lowest BCUT2D eigenvalue weighted by Gasteiger charge is -2.27. The Bertz CT molecular complexity index is 1390. The number of carbonyl (C=O) groups is 2. The van der Waals surface area contributed by atoms with Gasteiger partial charge in [-0.3, -0.25) is 18.6 Å². The topological polar surface area (TPSA) is 111 Å². The second-order valence-electron chi connectivity index (χ2n) is 22.2. The first-order valence-corrected chi connectivity index (χ1v) is 32.5. The highest BCUT2D eigenvalue weighted by Gasteiger charge is 2.30. The fraction of sp³-hybridized carbons (Fsp3) is 0.841. The Kier molecular flexibility index (Phi) is 51.9. The third-order valence-electron chi connectivity index (χ3n) is 13.8. The number of carbonyl (C=O) groups excluding carboxylic acids is 2. The van der Waals surface area contributed by atoms with Crippen LogP contribution in [0.3, 0.4) is 0 Å². The molecule has 0 saturated carbocycles.